The number of carboxylic acid groups (broad SMARTS) is 1. The minimum absolute atomic E-state index is 0.458. The maximum absolute atomic E-state index is 10.4. The van der Waals surface area contributed by atoms with E-state index >= 15 is 0 Å². The van der Waals surface area contributed by atoms with Gasteiger partial charge in [0.1, 0.15) is 6.33 Å². The maximum atomic E-state index is 10.4. The van der Waals surface area contributed by atoms with E-state index in [0.29, 0.717) is 5.69 Å². The molecule has 5 nitrogen and oxygen atoms in total. The van der Waals surface area contributed by atoms with Crippen LogP contribution in [-0.2, 0) is 0 Å². The Labute approximate surface area is 63.3 Å². The monoisotopic (exact) mass is 153 g/mol. The van der Waals surface area contributed by atoms with Crippen molar-refractivity contribution < 1.29 is 9.90 Å². The topological polar surface area (TPSA) is 66.3 Å². The molecule has 0 aliphatic heterocycles. The molecular formula is C6H7N3O2. The van der Waals surface area contributed by atoms with Gasteiger partial charge in [0.2, 0.25) is 0 Å². The normalized spacial score (nSPS) is 9.18. The lowest BCUT2D eigenvalue weighted by atomic mass is 10.5. The molecule has 0 fully saturated rings. The van der Waals surface area contributed by atoms with Crippen molar-refractivity contribution in [2.45, 2.75) is 0 Å². The minimum Gasteiger partial charge on any atom is -0.465 e. The molecule has 0 atom stereocenters. The predicted molar refractivity (Wildman–Crippen MR) is 38.5 cm³/mol. The van der Waals surface area contributed by atoms with Crippen molar-refractivity contribution in [3.05, 3.63) is 18.7 Å². The number of carbonyl (C=O) groups is 1. The highest BCUT2D eigenvalue weighted by Gasteiger charge is 2.06. The van der Waals surface area contributed by atoms with Gasteiger partial charge in [-0.1, -0.05) is 0 Å². The van der Waals surface area contributed by atoms with Crippen molar-refractivity contribution in [2.24, 2.45) is 0 Å². The number of anilines is 1. The van der Waals surface area contributed by atoms with Crippen molar-refractivity contribution in [1.29, 1.82) is 0 Å². The summed E-state index contributed by atoms with van der Waals surface area (Å²) in [6, 6.07) is 0. The molecule has 58 valence electrons. The molecule has 0 aromatic carbocycles. The summed E-state index contributed by atoms with van der Waals surface area (Å²) in [6.07, 6.45) is 3.18. The maximum Gasteiger partial charge on any atom is 0.411 e. The summed E-state index contributed by atoms with van der Waals surface area (Å²) >= 11 is 0. The molecule has 0 saturated carbocycles. The summed E-state index contributed by atoms with van der Waals surface area (Å²) in [4.78, 5) is 18.8. The van der Waals surface area contributed by atoms with Crippen LogP contribution in [0, 0.1) is 0 Å². The van der Waals surface area contributed by atoms with E-state index in [2.05, 4.69) is 9.97 Å². The predicted octanol–water partition coefficient (Wildman–Crippen LogP) is 0.591. The summed E-state index contributed by atoms with van der Waals surface area (Å²) in [7, 11) is 1.43. The molecule has 1 heterocycles. The summed E-state index contributed by atoms with van der Waals surface area (Å²) in [5, 5.41) is 8.51. The van der Waals surface area contributed by atoms with Crippen molar-refractivity contribution in [3.63, 3.8) is 0 Å². The second-order valence-corrected chi connectivity index (χ2v) is 1.94. The van der Waals surface area contributed by atoms with Crippen LogP contribution < -0.4 is 4.90 Å². The SMILES string of the molecule is CN(C(=O)O)c1cncnc1. The fraction of sp³-hybridized carbons (Fsp3) is 0.167. The lowest BCUT2D eigenvalue weighted by molar-refractivity contribution is 0.203. The zero-order chi connectivity index (χ0) is 8.27. The Morgan fingerprint density at radius 2 is 2.09 bits per heavy atom. The first-order chi connectivity index (χ1) is 5.22. The van der Waals surface area contributed by atoms with E-state index in [1.54, 1.807) is 0 Å². The van der Waals surface area contributed by atoms with Gasteiger partial charge in [-0.05, 0) is 0 Å². The first-order valence-electron chi connectivity index (χ1n) is 2.93. The van der Waals surface area contributed by atoms with Crippen LogP contribution in [0.2, 0.25) is 0 Å². The molecule has 0 bridgehead atoms. The zero-order valence-corrected chi connectivity index (χ0v) is 5.93. The van der Waals surface area contributed by atoms with Gasteiger partial charge in [-0.25, -0.2) is 14.8 Å². The van der Waals surface area contributed by atoms with Gasteiger partial charge >= 0.3 is 6.09 Å². The van der Waals surface area contributed by atoms with Gasteiger partial charge in [0.25, 0.3) is 0 Å². The Balaban J connectivity index is 2.85. The molecule has 1 aromatic heterocycles. The third-order valence-electron chi connectivity index (χ3n) is 1.22. The van der Waals surface area contributed by atoms with Crippen LogP contribution in [0.25, 0.3) is 0 Å². The van der Waals surface area contributed by atoms with Gasteiger partial charge in [-0.3, -0.25) is 4.90 Å². The summed E-state index contributed by atoms with van der Waals surface area (Å²) in [5.74, 6) is 0. The molecule has 0 spiro atoms. The number of amides is 1. The van der Waals surface area contributed by atoms with Gasteiger partial charge in [0.05, 0.1) is 18.1 Å². The van der Waals surface area contributed by atoms with Gasteiger partial charge in [-0.2, -0.15) is 0 Å². The number of aromatic nitrogens is 2. The Hall–Kier alpha value is -1.65. The van der Waals surface area contributed by atoms with E-state index in [9.17, 15) is 4.79 Å². The van der Waals surface area contributed by atoms with Crippen LogP contribution in [-0.4, -0.2) is 28.2 Å². The number of hydrogen-bond donors (Lipinski definition) is 1. The van der Waals surface area contributed by atoms with Crippen molar-refractivity contribution in [3.8, 4) is 0 Å². The smallest absolute Gasteiger partial charge is 0.411 e. The van der Waals surface area contributed by atoms with Crippen LogP contribution in [0.15, 0.2) is 18.7 Å². The second kappa shape index (κ2) is 2.96. The highest BCUT2D eigenvalue weighted by atomic mass is 16.4. The van der Waals surface area contributed by atoms with E-state index in [-0.39, 0.29) is 0 Å². The molecule has 0 aliphatic carbocycles. The molecule has 1 amide bonds. The zero-order valence-electron chi connectivity index (χ0n) is 5.93. The molecule has 5 heteroatoms. The minimum atomic E-state index is -1.03. The quantitative estimate of drug-likeness (QED) is 0.641. The van der Waals surface area contributed by atoms with Crippen LogP contribution >= 0.6 is 0 Å². The Bertz CT molecular complexity index is 249. The fourth-order valence-electron chi connectivity index (χ4n) is 0.575. The third-order valence-corrected chi connectivity index (χ3v) is 1.22. The molecule has 11 heavy (non-hydrogen) atoms. The largest absolute Gasteiger partial charge is 0.465 e. The highest BCUT2D eigenvalue weighted by molar-refractivity contribution is 5.84. The number of nitrogens with zero attached hydrogens (tertiary/aromatic N) is 3. The fourth-order valence-corrected chi connectivity index (χ4v) is 0.575. The van der Waals surface area contributed by atoms with E-state index in [0.717, 1.165) is 4.90 Å². The molecule has 0 radical (unpaired) electrons. The molecule has 1 rings (SSSR count). The lowest BCUT2D eigenvalue weighted by Gasteiger charge is -2.10. The van der Waals surface area contributed by atoms with Crippen LogP contribution in [0.1, 0.15) is 0 Å². The molecule has 1 aromatic rings. The summed E-state index contributed by atoms with van der Waals surface area (Å²) in [6.45, 7) is 0. The second-order valence-electron chi connectivity index (χ2n) is 1.94. The molecule has 0 saturated heterocycles. The third kappa shape index (κ3) is 1.64. The van der Waals surface area contributed by atoms with Crippen LogP contribution in [0.3, 0.4) is 0 Å². The molecule has 1 N–H and O–H groups in total. The average molecular weight is 153 g/mol. The van der Waals surface area contributed by atoms with Crippen molar-refractivity contribution >= 4 is 11.8 Å². The average Bonchev–Trinajstić information content (AvgIpc) is 2.05. The standard InChI is InChI=1S/C6H7N3O2/c1-9(6(10)11)5-2-7-4-8-3-5/h2-4H,1H3,(H,10,11). The van der Waals surface area contributed by atoms with E-state index in [4.69, 9.17) is 5.11 Å². The number of rotatable bonds is 1. The van der Waals surface area contributed by atoms with Gasteiger partial charge in [0.15, 0.2) is 0 Å². The Morgan fingerprint density at radius 3 is 2.55 bits per heavy atom. The van der Waals surface area contributed by atoms with E-state index in [1.165, 1.54) is 25.8 Å². The Morgan fingerprint density at radius 1 is 1.55 bits per heavy atom. The summed E-state index contributed by atoms with van der Waals surface area (Å²) < 4.78 is 0. The van der Waals surface area contributed by atoms with E-state index < -0.39 is 6.09 Å². The van der Waals surface area contributed by atoms with Gasteiger partial charge < -0.3 is 5.11 Å². The molecule has 0 aliphatic rings. The summed E-state index contributed by atoms with van der Waals surface area (Å²) in [5.41, 5.74) is 0.458. The van der Waals surface area contributed by atoms with Crippen molar-refractivity contribution in [2.75, 3.05) is 11.9 Å². The van der Waals surface area contributed by atoms with Gasteiger partial charge in [0, 0.05) is 7.05 Å². The lowest BCUT2D eigenvalue weighted by Crippen LogP contribution is -2.23. The first kappa shape index (κ1) is 7.46. The Kier molecular flexibility index (Phi) is 2.00. The van der Waals surface area contributed by atoms with Crippen LogP contribution in [0.5, 0.6) is 0 Å². The van der Waals surface area contributed by atoms with Crippen LogP contribution in [0.4, 0.5) is 10.5 Å². The van der Waals surface area contributed by atoms with E-state index in [1.807, 2.05) is 0 Å². The molecular weight excluding hydrogens is 146 g/mol. The molecule has 0 unspecified atom stereocenters. The first-order valence-corrected chi connectivity index (χ1v) is 2.93. The highest BCUT2D eigenvalue weighted by Crippen LogP contribution is 2.06. The number of hydrogen-bond acceptors (Lipinski definition) is 3. The van der Waals surface area contributed by atoms with Crippen molar-refractivity contribution in [1.82, 2.24) is 9.97 Å². The van der Waals surface area contributed by atoms with Gasteiger partial charge in [-0.15, -0.1) is 0 Å².